The Bertz CT molecular complexity index is 363. The standard InChI is InChI=1S/C8H13N5O2S/c9-7(14)5-16-8-10-11-12-13(8)4-6-2-1-3-15-6/h6H,1-5H2,(H2,9,14)/t6-/m1/s1. The molecule has 2 N–H and O–H groups in total. The van der Waals surface area contributed by atoms with Crippen molar-refractivity contribution in [3.8, 4) is 0 Å². The highest BCUT2D eigenvalue weighted by Crippen LogP contribution is 2.17. The van der Waals surface area contributed by atoms with Crippen molar-refractivity contribution in [3.05, 3.63) is 0 Å². The lowest BCUT2D eigenvalue weighted by atomic mass is 10.2. The van der Waals surface area contributed by atoms with Crippen molar-refractivity contribution in [2.24, 2.45) is 5.73 Å². The minimum absolute atomic E-state index is 0.177. The van der Waals surface area contributed by atoms with E-state index in [-0.39, 0.29) is 17.8 Å². The maximum absolute atomic E-state index is 10.6. The SMILES string of the molecule is NC(=O)CSc1nnnn1C[C@H]1CCCO1. The van der Waals surface area contributed by atoms with Gasteiger partial charge in [0.15, 0.2) is 0 Å². The minimum atomic E-state index is -0.378. The number of rotatable bonds is 5. The Morgan fingerprint density at radius 3 is 3.25 bits per heavy atom. The van der Waals surface area contributed by atoms with Crippen molar-refractivity contribution in [1.29, 1.82) is 0 Å². The molecule has 0 radical (unpaired) electrons. The zero-order valence-corrected chi connectivity index (χ0v) is 9.52. The zero-order valence-electron chi connectivity index (χ0n) is 8.70. The number of carbonyl (C=O) groups excluding carboxylic acids is 1. The first-order valence-electron chi connectivity index (χ1n) is 5.04. The van der Waals surface area contributed by atoms with Gasteiger partial charge >= 0.3 is 0 Å². The van der Waals surface area contributed by atoms with Gasteiger partial charge in [-0.2, -0.15) is 0 Å². The molecule has 1 aliphatic rings. The fourth-order valence-corrected chi connectivity index (χ4v) is 2.16. The quantitative estimate of drug-likeness (QED) is 0.696. The van der Waals surface area contributed by atoms with Gasteiger partial charge < -0.3 is 10.5 Å². The largest absolute Gasteiger partial charge is 0.376 e. The number of carbonyl (C=O) groups is 1. The van der Waals surface area contributed by atoms with Crippen LogP contribution in [0.5, 0.6) is 0 Å². The Balaban J connectivity index is 1.92. The van der Waals surface area contributed by atoms with Crippen LogP contribution in [-0.4, -0.2) is 44.6 Å². The molecule has 7 nitrogen and oxygen atoms in total. The minimum Gasteiger partial charge on any atom is -0.376 e. The molecule has 88 valence electrons. The van der Waals surface area contributed by atoms with E-state index in [4.69, 9.17) is 10.5 Å². The van der Waals surface area contributed by atoms with E-state index in [1.165, 1.54) is 11.8 Å². The second-order valence-electron chi connectivity index (χ2n) is 3.53. The summed E-state index contributed by atoms with van der Waals surface area (Å²) in [7, 11) is 0. The van der Waals surface area contributed by atoms with Crippen molar-refractivity contribution in [3.63, 3.8) is 0 Å². The highest BCUT2D eigenvalue weighted by atomic mass is 32.2. The number of hydrogen-bond acceptors (Lipinski definition) is 6. The topological polar surface area (TPSA) is 95.9 Å². The van der Waals surface area contributed by atoms with Crippen LogP contribution >= 0.6 is 11.8 Å². The number of nitrogens with zero attached hydrogens (tertiary/aromatic N) is 4. The number of hydrogen-bond donors (Lipinski definition) is 1. The van der Waals surface area contributed by atoms with Gasteiger partial charge in [-0.1, -0.05) is 11.8 Å². The molecule has 2 heterocycles. The summed E-state index contributed by atoms with van der Waals surface area (Å²) in [4.78, 5) is 10.6. The van der Waals surface area contributed by atoms with E-state index < -0.39 is 0 Å². The number of thioether (sulfide) groups is 1. The molecule has 0 aliphatic carbocycles. The zero-order chi connectivity index (χ0) is 11.4. The van der Waals surface area contributed by atoms with Gasteiger partial charge in [0.25, 0.3) is 0 Å². The van der Waals surface area contributed by atoms with Crippen LogP contribution in [0.25, 0.3) is 0 Å². The summed E-state index contributed by atoms with van der Waals surface area (Å²) in [5, 5.41) is 11.9. The monoisotopic (exact) mass is 243 g/mol. The van der Waals surface area contributed by atoms with Gasteiger partial charge in [-0.15, -0.1) is 5.10 Å². The van der Waals surface area contributed by atoms with Crippen LogP contribution in [0, 0.1) is 0 Å². The molecule has 1 aliphatic heterocycles. The summed E-state index contributed by atoms with van der Waals surface area (Å²) < 4.78 is 7.15. The Hall–Kier alpha value is -1.15. The Morgan fingerprint density at radius 1 is 1.69 bits per heavy atom. The maximum atomic E-state index is 10.6. The fraction of sp³-hybridized carbons (Fsp3) is 0.750. The summed E-state index contributed by atoms with van der Waals surface area (Å²) in [6.45, 7) is 1.44. The summed E-state index contributed by atoms with van der Waals surface area (Å²) >= 11 is 1.24. The molecule has 1 aromatic heterocycles. The van der Waals surface area contributed by atoms with E-state index in [1.54, 1.807) is 4.68 Å². The molecule has 0 saturated carbocycles. The van der Waals surface area contributed by atoms with E-state index in [0.29, 0.717) is 11.7 Å². The summed E-state index contributed by atoms with van der Waals surface area (Å²) in [6.07, 6.45) is 2.28. The van der Waals surface area contributed by atoms with Gasteiger partial charge in [-0.25, -0.2) is 4.68 Å². The van der Waals surface area contributed by atoms with Crippen molar-refractivity contribution < 1.29 is 9.53 Å². The van der Waals surface area contributed by atoms with Crippen molar-refractivity contribution in [2.75, 3.05) is 12.4 Å². The third-order valence-corrected chi connectivity index (χ3v) is 3.22. The van der Waals surface area contributed by atoms with Gasteiger partial charge in [-0.05, 0) is 23.3 Å². The molecular formula is C8H13N5O2S. The van der Waals surface area contributed by atoms with Gasteiger partial charge in [0.05, 0.1) is 18.4 Å². The van der Waals surface area contributed by atoms with Gasteiger partial charge in [0.2, 0.25) is 11.1 Å². The summed E-state index contributed by atoms with van der Waals surface area (Å²) in [5.74, 6) is -0.192. The van der Waals surface area contributed by atoms with Crippen LogP contribution in [0.4, 0.5) is 0 Å². The number of primary amides is 1. The first-order valence-corrected chi connectivity index (χ1v) is 6.03. The van der Waals surface area contributed by atoms with Crippen molar-refractivity contribution in [1.82, 2.24) is 20.2 Å². The molecule has 1 saturated heterocycles. The third-order valence-electron chi connectivity index (χ3n) is 2.24. The van der Waals surface area contributed by atoms with Crippen LogP contribution in [-0.2, 0) is 16.1 Å². The number of tetrazole rings is 1. The fourth-order valence-electron chi connectivity index (χ4n) is 1.53. The Kier molecular flexibility index (Phi) is 3.73. The Morgan fingerprint density at radius 2 is 2.56 bits per heavy atom. The molecule has 0 spiro atoms. The van der Waals surface area contributed by atoms with Crippen molar-refractivity contribution >= 4 is 17.7 Å². The molecule has 1 amide bonds. The lowest BCUT2D eigenvalue weighted by Gasteiger charge is -2.09. The molecular weight excluding hydrogens is 230 g/mol. The smallest absolute Gasteiger partial charge is 0.227 e. The number of nitrogens with two attached hydrogens (primary N) is 1. The summed E-state index contributed by atoms with van der Waals surface area (Å²) in [6, 6.07) is 0. The summed E-state index contributed by atoms with van der Waals surface area (Å²) in [5.41, 5.74) is 5.06. The van der Waals surface area contributed by atoms with Crippen LogP contribution in [0.2, 0.25) is 0 Å². The maximum Gasteiger partial charge on any atom is 0.227 e. The molecule has 1 aromatic rings. The second kappa shape index (κ2) is 5.26. The average Bonchev–Trinajstić information content (AvgIpc) is 2.87. The van der Waals surface area contributed by atoms with E-state index in [0.717, 1.165) is 19.4 Å². The van der Waals surface area contributed by atoms with E-state index in [9.17, 15) is 4.79 Å². The van der Waals surface area contributed by atoms with Crippen LogP contribution in [0.15, 0.2) is 5.16 Å². The van der Waals surface area contributed by atoms with Crippen LogP contribution in [0.3, 0.4) is 0 Å². The van der Waals surface area contributed by atoms with E-state index in [1.807, 2.05) is 0 Å². The number of ether oxygens (including phenoxy) is 1. The molecule has 0 aromatic carbocycles. The van der Waals surface area contributed by atoms with Crippen LogP contribution in [0.1, 0.15) is 12.8 Å². The van der Waals surface area contributed by atoms with Gasteiger partial charge in [-0.3, -0.25) is 4.79 Å². The average molecular weight is 243 g/mol. The highest BCUT2D eigenvalue weighted by molar-refractivity contribution is 7.99. The Labute approximate surface area is 96.7 Å². The lowest BCUT2D eigenvalue weighted by Crippen LogP contribution is -2.18. The third kappa shape index (κ3) is 2.92. The van der Waals surface area contributed by atoms with Gasteiger partial charge in [0, 0.05) is 6.61 Å². The van der Waals surface area contributed by atoms with Gasteiger partial charge in [0.1, 0.15) is 0 Å². The van der Waals surface area contributed by atoms with Crippen LogP contribution < -0.4 is 5.73 Å². The van der Waals surface area contributed by atoms with E-state index >= 15 is 0 Å². The molecule has 1 fully saturated rings. The molecule has 0 bridgehead atoms. The molecule has 0 unspecified atom stereocenters. The molecule has 1 atom stereocenters. The van der Waals surface area contributed by atoms with Crippen molar-refractivity contribution in [2.45, 2.75) is 30.6 Å². The predicted octanol–water partition coefficient (Wildman–Crippen LogP) is -0.571. The molecule has 16 heavy (non-hydrogen) atoms. The first kappa shape index (κ1) is 11.3. The van der Waals surface area contributed by atoms with E-state index in [2.05, 4.69) is 15.5 Å². The second-order valence-corrected chi connectivity index (χ2v) is 4.48. The normalized spacial score (nSPS) is 20.1. The molecule has 8 heteroatoms. The predicted molar refractivity (Wildman–Crippen MR) is 56.7 cm³/mol. The first-order chi connectivity index (χ1) is 7.75. The highest BCUT2D eigenvalue weighted by Gasteiger charge is 2.18. The number of aromatic nitrogens is 4. The molecule has 2 rings (SSSR count). The lowest BCUT2D eigenvalue weighted by molar-refractivity contribution is -0.115. The number of amides is 1.